The van der Waals surface area contributed by atoms with Crippen molar-refractivity contribution < 1.29 is 22.7 Å². The Bertz CT molecular complexity index is 1100. The van der Waals surface area contributed by atoms with Crippen LogP contribution in [0.4, 0.5) is 0 Å². The standard InChI is InChI=1S/C18H15BrN2O5S3/c1-25-14-9-11(8-13(19)16(14)26-2)10-15-17(22)21(18(27)28-15)20-29(23,24)12-6-4-3-5-7-12/h3-10,20H,1-2H3/b15-10+. The number of halogens is 1. The molecule has 152 valence electrons. The number of hydrogen-bond donors (Lipinski definition) is 1. The lowest BCUT2D eigenvalue weighted by atomic mass is 10.2. The molecule has 0 aliphatic carbocycles. The fraction of sp³-hybridized carbons (Fsp3) is 0.111. The number of rotatable bonds is 6. The Morgan fingerprint density at radius 2 is 1.86 bits per heavy atom. The van der Waals surface area contributed by atoms with Gasteiger partial charge in [-0.1, -0.05) is 42.2 Å². The van der Waals surface area contributed by atoms with Crippen LogP contribution in [-0.2, 0) is 14.8 Å². The van der Waals surface area contributed by atoms with Crippen molar-refractivity contribution in [2.45, 2.75) is 4.90 Å². The van der Waals surface area contributed by atoms with E-state index in [4.69, 9.17) is 21.7 Å². The monoisotopic (exact) mass is 514 g/mol. The van der Waals surface area contributed by atoms with E-state index in [9.17, 15) is 13.2 Å². The fourth-order valence-electron chi connectivity index (χ4n) is 2.49. The Labute approximate surface area is 186 Å². The number of thiocarbonyl (C=S) groups is 1. The van der Waals surface area contributed by atoms with Crippen LogP contribution in [0.15, 0.2) is 56.7 Å². The van der Waals surface area contributed by atoms with Crippen LogP contribution >= 0.6 is 39.9 Å². The number of hydrogen-bond acceptors (Lipinski definition) is 7. The van der Waals surface area contributed by atoms with Crippen LogP contribution in [0.25, 0.3) is 6.08 Å². The van der Waals surface area contributed by atoms with Gasteiger partial charge in [-0.3, -0.25) is 4.79 Å². The number of benzene rings is 2. The molecule has 1 heterocycles. The molecule has 1 saturated heterocycles. The molecule has 1 amide bonds. The van der Waals surface area contributed by atoms with Gasteiger partial charge in [0.2, 0.25) is 0 Å². The van der Waals surface area contributed by atoms with Gasteiger partial charge in [-0.05, 0) is 51.8 Å². The third-order valence-electron chi connectivity index (χ3n) is 3.81. The first-order valence-electron chi connectivity index (χ1n) is 8.04. The van der Waals surface area contributed by atoms with Crippen LogP contribution in [0, 0.1) is 0 Å². The van der Waals surface area contributed by atoms with Crippen molar-refractivity contribution in [3.05, 3.63) is 57.4 Å². The number of nitrogens with zero attached hydrogens (tertiary/aromatic N) is 1. The molecule has 0 atom stereocenters. The highest BCUT2D eigenvalue weighted by molar-refractivity contribution is 9.10. The van der Waals surface area contributed by atoms with Gasteiger partial charge in [0.1, 0.15) is 0 Å². The largest absolute Gasteiger partial charge is 0.493 e. The highest BCUT2D eigenvalue weighted by Gasteiger charge is 2.35. The second-order valence-electron chi connectivity index (χ2n) is 5.66. The molecule has 1 aliphatic rings. The molecule has 29 heavy (non-hydrogen) atoms. The van der Waals surface area contributed by atoms with Crippen LogP contribution in [0.3, 0.4) is 0 Å². The molecule has 0 saturated carbocycles. The van der Waals surface area contributed by atoms with Crippen LogP contribution in [0.2, 0.25) is 0 Å². The first kappa shape index (κ1) is 21.8. The van der Waals surface area contributed by atoms with Gasteiger partial charge < -0.3 is 9.47 Å². The van der Waals surface area contributed by atoms with Crippen molar-refractivity contribution in [1.82, 2.24) is 9.84 Å². The van der Waals surface area contributed by atoms with Crippen molar-refractivity contribution in [2.75, 3.05) is 14.2 Å². The van der Waals surface area contributed by atoms with Gasteiger partial charge in [0, 0.05) is 0 Å². The van der Waals surface area contributed by atoms with Gasteiger partial charge in [0.05, 0.1) is 28.5 Å². The van der Waals surface area contributed by atoms with Gasteiger partial charge in [-0.15, -0.1) is 4.83 Å². The Morgan fingerprint density at radius 3 is 2.48 bits per heavy atom. The lowest BCUT2D eigenvalue weighted by Gasteiger charge is -2.15. The Kier molecular flexibility index (Phi) is 6.64. The highest BCUT2D eigenvalue weighted by Crippen LogP contribution is 2.38. The summed E-state index contributed by atoms with van der Waals surface area (Å²) in [6, 6.07) is 11.2. The smallest absolute Gasteiger partial charge is 0.281 e. The van der Waals surface area contributed by atoms with Crippen LogP contribution in [-0.4, -0.2) is 37.9 Å². The third kappa shape index (κ3) is 4.64. The maximum absolute atomic E-state index is 12.7. The Hall–Kier alpha value is -1.92. The van der Waals surface area contributed by atoms with Crippen LogP contribution < -0.4 is 14.3 Å². The van der Waals surface area contributed by atoms with E-state index >= 15 is 0 Å². The highest BCUT2D eigenvalue weighted by atomic mass is 79.9. The van der Waals surface area contributed by atoms with E-state index in [1.54, 1.807) is 36.4 Å². The average Bonchev–Trinajstić information content (AvgIpc) is 2.95. The average molecular weight is 515 g/mol. The number of thioether (sulfide) groups is 1. The summed E-state index contributed by atoms with van der Waals surface area (Å²) < 4.78 is 36.3. The van der Waals surface area contributed by atoms with Crippen molar-refractivity contribution in [3.8, 4) is 11.5 Å². The Balaban J connectivity index is 1.88. The molecule has 0 unspecified atom stereocenters. The number of hydrazine groups is 1. The van der Waals surface area contributed by atoms with Crippen molar-refractivity contribution in [2.24, 2.45) is 0 Å². The second-order valence-corrected chi connectivity index (χ2v) is 9.85. The predicted octanol–water partition coefficient (Wildman–Crippen LogP) is 3.56. The fourth-order valence-corrected chi connectivity index (χ4v) is 5.44. The molecule has 1 N–H and O–H groups in total. The van der Waals surface area contributed by atoms with E-state index in [0.29, 0.717) is 21.5 Å². The van der Waals surface area contributed by atoms with E-state index in [0.717, 1.165) is 16.8 Å². The summed E-state index contributed by atoms with van der Waals surface area (Å²) in [5.41, 5.74) is 0.654. The normalized spacial score (nSPS) is 15.8. The summed E-state index contributed by atoms with van der Waals surface area (Å²) in [7, 11) is -0.923. The number of sulfonamides is 1. The van der Waals surface area contributed by atoms with Crippen molar-refractivity contribution >= 4 is 66.2 Å². The van der Waals surface area contributed by atoms with E-state index in [1.165, 1.54) is 26.4 Å². The molecular formula is C18H15BrN2O5S3. The minimum absolute atomic E-state index is 0.0295. The zero-order chi connectivity index (χ0) is 21.2. The summed E-state index contributed by atoms with van der Waals surface area (Å²) in [6.07, 6.45) is 1.60. The SMILES string of the molecule is COc1cc(/C=C2/SC(=S)N(NS(=O)(=O)c3ccccc3)C2=O)cc(Br)c1OC. The maximum atomic E-state index is 12.7. The molecule has 0 radical (unpaired) electrons. The topological polar surface area (TPSA) is 84.9 Å². The summed E-state index contributed by atoms with van der Waals surface area (Å²) in [6.45, 7) is 0. The van der Waals surface area contributed by atoms with Crippen molar-refractivity contribution in [3.63, 3.8) is 0 Å². The van der Waals surface area contributed by atoms with Gasteiger partial charge in [0.25, 0.3) is 15.9 Å². The molecule has 0 bridgehead atoms. The zero-order valence-corrected chi connectivity index (χ0v) is 19.2. The zero-order valence-electron chi connectivity index (χ0n) is 15.2. The minimum Gasteiger partial charge on any atom is -0.493 e. The van der Waals surface area contributed by atoms with Gasteiger partial charge in [-0.2, -0.15) is 0 Å². The van der Waals surface area contributed by atoms with E-state index in [1.807, 2.05) is 0 Å². The number of ether oxygens (including phenoxy) is 2. The Morgan fingerprint density at radius 1 is 1.17 bits per heavy atom. The first-order chi connectivity index (χ1) is 13.8. The molecule has 7 nitrogen and oxygen atoms in total. The number of carbonyl (C=O) groups is 1. The van der Waals surface area contributed by atoms with E-state index < -0.39 is 15.9 Å². The molecular weight excluding hydrogens is 500 g/mol. The number of nitrogens with one attached hydrogen (secondary N) is 1. The maximum Gasteiger partial charge on any atom is 0.281 e. The number of methoxy groups -OCH3 is 2. The molecule has 2 aromatic carbocycles. The molecule has 0 aromatic heterocycles. The summed E-state index contributed by atoms with van der Waals surface area (Å²) in [5, 5.41) is 0.851. The van der Waals surface area contributed by atoms with Gasteiger partial charge >= 0.3 is 0 Å². The summed E-state index contributed by atoms with van der Waals surface area (Å²) >= 11 is 9.58. The minimum atomic E-state index is -3.95. The molecule has 11 heteroatoms. The molecule has 2 aromatic rings. The lowest BCUT2D eigenvalue weighted by molar-refractivity contribution is -0.123. The van der Waals surface area contributed by atoms with Gasteiger partial charge in [-0.25, -0.2) is 13.4 Å². The quantitative estimate of drug-likeness (QED) is 0.465. The van der Waals surface area contributed by atoms with E-state index in [-0.39, 0.29) is 14.1 Å². The molecule has 0 spiro atoms. The summed E-state index contributed by atoms with van der Waals surface area (Å²) in [4.78, 5) is 15.3. The summed E-state index contributed by atoms with van der Waals surface area (Å²) in [5.74, 6) is 0.437. The first-order valence-corrected chi connectivity index (χ1v) is 11.5. The molecule has 1 aliphatic heterocycles. The van der Waals surface area contributed by atoms with Gasteiger partial charge in [0.15, 0.2) is 15.8 Å². The lowest BCUT2D eigenvalue weighted by Crippen LogP contribution is -2.44. The third-order valence-corrected chi connectivity index (χ3v) is 7.02. The van der Waals surface area contributed by atoms with Crippen LogP contribution in [0.5, 0.6) is 11.5 Å². The molecule has 3 rings (SSSR count). The predicted molar refractivity (Wildman–Crippen MR) is 119 cm³/mol. The number of amides is 1. The van der Waals surface area contributed by atoms with Crippen molar-refractivity contribution in [1.29, 1.82) is 0 Å². The molecule has 1 fully saturated rings. The number of carbonyl (C=O) groups excluding carboxylic acids is 1. The second kappa shape index (κ2) is 8.84. The van der Waals surface area contributed by atoms with E-state index in [2.05, 4.69) is 20.8 Å². The van der Waals surface area contributed by atoms with Crippen LogP contribution in [0.1, 0.15) is 5.56 Å².